The first kappa shape index (κ1) is 27.1. The third-order valence-corrected chi connectivity index (χ3v) is 1.75. The molecule has 0 amide bonds. The molecule has 6 nitrogen and oxygen atoms in total. The Labute approximate surface area is 126 Å². The van der Waals surface area contributed by atoms with E-state index in [4.69, 9.17) is 25.9 Å². The van der Waals surface area contributed by atoms with Gasteiger partial charge >= 0.3 is 50.1 Å². The Morgan fingerprint density at radius 1 is 0.667 bits per heavy atom. The van der Waals surface area contributed by atoms with Crippen molar-refractivity contribution in [1.29, 1.82) is 0 Å². The summed E-state index contributed by atoms with van der Waals surface area (Å²) in [5.41, 5.74) is -11.1. The van der Waals surface area contributed by atoms with Crippen molar-refractivity contribution in [3.05, 3.63) is 0 Å². The summed E-state index contributed by atoms with van der Waals surface area (Å²) in [5.74, 6) is 0. The summed E-state index contributed by atoms with van der Waals surface area (Å²) in [5, 5.41) is 0. The van der Waals surface area contributed by atoms with Gasteiger partial charge in [0.15, 0.2) is 0 Å². The maximum absolute atomic E-state index is 10.7. The molecule has 0 fully saturated rings. The van der Waals surface area contributed by atoms with Gasteiger partial charge in [0, 0.05) is 0 Å². The number of rotatable bonds is 0. The zero-order valence-electron chi connectivity index (χ0n) is 7.99. The fourth-order valence-electron chi connectivity index (χ4n) is 0. The van der Waals surface area contributed by atoms with E-state index in [0.717, 1.165) is 0 Å². The maximum atomic E-state index is 10.7. The van der Waals surface area contributed by atoms with Gasteiger partial charge < -0.3 is 24.0 Å². The Bertz CT molecular complexity index is 380. The topological polar surface area (TPSA) is 109 Å². The van der Waals surface area contributed by atoms with Crippen LogP contribution >= 0.6 is 0 Å². The van der Waals surface area contributed by atoms with E-state index in [2.05, 4.69) is 0 Å². The van der Waals surface area contributed by atoms with Crippen molar-refractivity contribution < 1.29 is 95.1 Å². The van der Waals surface area contributed by atoms with Gasteiger partial charge in [0.1, 0.15) is 0 Å². The zero-order valence-corrected chi connectivity index (χ0v) is 11.8. The molecule has 108 valence electrons. The standard InChI is InChI=1S/2CHF3O3S.HI.Li/c2*2-1(3,4)8(5,6)7;;/h2*(H,5,6,7);1H;/q;;;+1/p-1. The number of hydrogen-bond donors (Lipinski definition) is 2. The summed E-state index contributed by atoms with van der Waals surface area (Å²) >= 11 is 0. The van der Waals surface area contributed by atoms with Gasteiger partial charge in [-0.2, -0.15) is 43.2 Å². The number of halogens is 7. The largest absolute Gasteiger partial charge is 1.00 e. The van der Waals surface area contributed by atoms with E-state index in [9.17, 15) is 26.3 Å². The summed E-state index contributed by atoms with van der Waals surface area (Å²) in [6, 6.07) is 0. The molecular weight excluding hydrogens is 432 g/mol. The second kappa shape index (κ2) is 8.11. The summed E-state index contributed by atoms with van der Waals surface area (Å²) in [6.07, 6.45) is 0. The van der Waals surface area contributed by atoms with Crippen LogP contribution in [0.1, 0.15) is 0 Å². The average Bonchev–Trinajstić information content (AvgIpc) is 1.77. The minimum atomic E-state index is -5.84. The molecule has 0 unspecified atom stereocenters. The Kier molecular flexibility index (Phi) is 12.2. The predicted octanol–water partition coefficient (Wildman–Crippen LogP) is -5.20. The van der Waals surface area contributed by atoms with E-state index in [1.165, 1.54) is 0 Å². The first-order valence-corrected chi connectivity index (χ1v) is 5.45. The van der Waals surface area contributed by atoms with E-state index in [-0.39, 0.29) is 42.8 Å². The molecule has 0 heterocycles. The molecule has 0 atom stereocenters. The van der Waals surface area contributed by atoms with Crippen LogP contribution in [0.4, 0.5) is 26.3 Å². The van der Waals surface area contributed by atoms with Crippen LogP contribution in [0.25, 0.3) is 0 Å². The first-order chi connectivity index (χ1) is 6.50. The van der Waals surface area contributed by atoms with Crippen LogP contribution in [0.2, 0.25) is 0 Å². The molecule has 0 rings (SSSR count). The molecule has 0 spiro atoms. The molecule has 0 aliphatic carbocycles. The van der Waals surface area contributed by atoms with Gasteiger partial charge in [-0.1, -0.05) is 0 Å². The van der Waals surface area contributed by atoms with Gasteiger partial charge in [-0.25, -0.2) is 0 Å². The zero-order chi connectivity index (χ0) is 14.0. The minimum absolute atomic E-state index is 0. The van der Waals surface area contributed by atoms with Gasteiger partial charge in [0.2, 0.25) is 0 Å². The Morgan fingerprint density at radius 3 is 0.722 bits per heavy atom. The predicted molar refractivity (Wildman–Crippen MR) is 35.2 cm³/mol. The van der Waals surface area contributed by atoms with Gasteiger partial charge in [0.05, 0.1) is 0 Å². The molecule has 0 radical (unpaired) electrons. The molecule has 0 saturated carbocycles. The van der Waals surface area contributed by atoms with Crippen LogP contribution in [0.15, 0.2) is 0 Å². The van der Waals surface area contributed by atoms with E-state index in [0.29, 0.717) is 0 Å². The third-order valence-electron chi connectivity index (χ3n) is 0.585. The molecule has 0 aliphatic heterocycles. The first-order valence-electron chi connectivity index (χ1n) is 2.57. The van der Waals surface area contributed by atoms with Gasteiger partial charge in [-0.3, -0.25) is 9.11 Å². The molecule has 0 bridgehead atoms. The minimum Gasteiger partial charge on any atom is -1.00 e. The Morgan fingerprint density at radius 2 is 0.722 bits per heavy atom. The number of hydrogen-bond acceptors (Lipinski definition) is 4. The average molecular weight is 434 g/mol. The van der Waals surface area contributed by atoms with E-state index in [1.54, 1.807) is 0 Å². The molecule has 16 heteroatoms. The molecule has 2 N–H and O–H groups in total. The van der Waals surface area contributed by atoms with Crippen molar-refractivity contribution >= 4 is 20.2 Å². The van der Waals surface area contributed by atoms with Gasteiger partial charge in [-0.05, 0) is 0 Å². The van der Waals surface area contributed by atoms with Crippen LogP contribution < -0.4 is 42.8 Å². The molecule has 0 aromatic heterocycles. The van der Waals surface area contributed by atoms with Crippen molar-refractivity contribution in [3.8, 4) is 0 Å². The second-order valence-electron chi connectivity index (χ2n) is 1.84. The van der Waals surface area contributed by atoms with Crippen LogP contribution in [-0.2, 0) is 20.2 Å². The van der Waals surface area contributed by atoms with Crippen molar-refractivity contribution in [2.45, 2.75) is 11.0 Å². The quantitative estimate of drug-likeness (QED) is 0.130. The third kappa shape index (κ3) is 11.8. The van der Waals surface area contributed by atoms with Crippen molar-refractivity contribution in [1.82, 2.24) is 0 Å². The smallest absolute Gasteiger partial charge is 1.00 e. The van der Waals surface area contributed by atoms with Crippen LogP contribution in [0.3, 0.4) is 0 Å². The van der Waals surface area contributed by atoms with Crippen LogP contribution in [0.5, 0.6) is 0 Å². The molecule has 0 saturated heterocycles. The fourth-order valence-corrected chi connectivity index (χ4v) is 0. The normalized spacial score (nSPS) is 12.4. The molecule has 0 aromatic rings. The van der Waals surface area contributed by atoms with E-state index >= 15 is 0 Å². The van der Waals surface area contributed by atoms with Crippen LogP contribution in [-0.4, -0.2) is 37.0 Å². The summed E-state index contributed by atoms with van der Waals surface area (Å²) in [6.45, 7) is 0. The molecular formula is C2H2F6ILiO6S2. The van der Waals surface area contributed by atoms with Gasteiger partial charge in [0.25, 0.3) is 0 Å². The summed E-state index contributed by atoms with van der Waals surface area (Å²) in [7, 11) is -11.7. The number of alkyl halides is 6. The Balaban J connectivity index is -0.0000000980. The van der Waals surface area contributed by atoms with E-state index in [1.807, 2.05) is 0 Å². The van der Waals surface area contributed by atoms with Crippen molar-refractivity contribution in [3.63, 3.8) is 0 Å². The molecule has 0 aromatic carbocycles. The molecule has 18 heavy (non-hydrogen) atoms. The maximum Gasteiger partial charge on any atom is 1.00 e. The second-order valence-corrected chi connectivity index (χ2v) is 4.67. The van der Waals surface area contributed by atoms with Gasteiger partial charge in [-0.15, -0.1) is 0 Å². The SMILES string of the molecule is O=S(=O)(O)C(F)(F)F.O=S(=O)(O)C(F)(F)F.[I-].[Li+]. The van der Waals surface area contributed by atoms with E-state index < -0.39 is 31.3 Å². The van der Waals surface area contributed by atoms with Crippen LogP contribution in [0, 0.1) is 0 Å². The van der Waals surface area contributed by atoms with Crippen molar-refractivity contribution in [2.75, 3.05) is 0 Å². The fraction of sp³-hybridized carbons (Fsp3) is 1.00. The molecule has 0 aliphatic rings. The summed E-state index contributed by atoms with van der Waals surface area (Å²) < 4.78 is 115. The van der Waals surface area contributed by atoms with Crippen molar-refractivity contribution in [2.24, 2.45) is 0 Å². The monoisotopic (exact) mass is 434 g/mol. The summed E-state index contributed by atoms with van der Waals surface area (Å²) in [4.78, 5) is 0. The Hall–Kier alpha value is 0.727.